The summed E-state index contributed by atoms with van der Waals surface area (Å²) in [7, 11) is 0. The number of nitrogens with one attached hydrogen (secondary N) is 1. The van der Waals surface area contributed by atoms with Gasteiger partial charge < -0.3 is 10.1 Å². The molecule has 11 heteroatoms. The Kier molecular flexibility index (Phi) is 5.36. The Hall–Kier alpha value is -3.68. The van der Waals surface area contributed by atoms with Crippen LogP contribution in [0.25, 0.3) is 5.78 Å². The van der Waals surface area contributed by atoms with Crippen molar-refractivity contribution in [3.05, 3.63) is 47.0 Å². The number of ether oxygens (including phenoxy) is 1. The van der Waals surface area contributed by atoms with E-state index in [4.69, 9.17) is 10.00 Å². The molecule has 0 saturated heterocycles. The number of nitrogens with zero attached hydrogens (tertiary/aromatic N) is 5. The molecule has 1 aromatic carbocycles. The molecule has 0 aliphatic heterocycles. The molecule has 0 saturated carbocycles. The van der Waals surface area contributed by atoms with E-state index in [0.29, 0.717) is 28.4 Å². The van der Waals surface area contributed by atoms with Crippen molar-refractivity contribution < 1.29 is 22.7 Å². The van der Waals surface area contributed by atoms with E-state index in [9.17, 15) is 18.0 Å². The van der Waals surface area contributed by atoms with Crippen molar-refractivity contribution in [2.45, 2.75) is 26.4 Å². The Morgan fingerprint density at radius 3 is 2.55 bits per heavy atom. The molecule has 3 rings (SSSR count). The van der Waals surface area contributed by atoms with E-state index in [1.54, 1.807) is 38.1 Å². The lowest BCUT2D eigenvalue weighted by molar-refractivity contribution is -0.144. The molecule has 0 aliphatic carbocycles. The van der Waals surface area contributed by atoms with Crippen molar-refractivity contribution in [1.82, 2.24) is 19.6 Å². The van der Waals surface area contributed by atoms with Crippen molar-refractivity contribution in [2.24, 2.45) is 0 Å². The Balaban J connectivity index is 1.78. The number of rotatable bonds is 5. The Bertz CT molecular complexity index is 1100. The van der Waals surface area contributed by atoms with Crippen molar-refractivity contribution in [2.75, 3.05) is 11.9 Å². The smallest absolute Gasteiger partial charge is 0.453 e. The van der Waals surface area contributed by atoms with Gasteiger partial charge >= 0.3 is 6.18 Å². The first-order valence-electron chi connectivity index (χ1n) is 8.38. The fraction of sp³-hybridized carbons (Fsp3) is 0.278. The van der Waals surface area contributed by atoms with Gasteiger partial charge in [0, 0.05) is 22.6 Å². The first-order chi connectivity index (χ1) is 13.7. The molecule has 1 N–H and O–H groups in total. The monoisotopic (exact) mass is 404 g/mol. The van der Waals surface area contributed by atoms with Gasteiger partial charge in [0.25, 0.3) is 11.6 Å². The van der Waals surface area contributed by atoms with Crippen LogP contribution in [0.4, 0.5) is 18.9 Å². The highest BCUT2D eigenvalue weighted by Crippen LogP contribution is 2.27. The molecule has 0 atom stereocenters. The van der Waals surface area contributed by atoms with Gasteiger partial charge in [0.05, 0.1) is 6.42 Å². The normalized spacial score (nSPS) is 11.3. The van der Waals surface area contributed by atoms with Gasteiger partial charge in [-0.2, -0.15) is 23.4 Å². The van der Waals surface area contributed by atoms with Gasteiger partial charge in [0.15, 0.2) is 6.61 Å². The fourth-order valence-electron chi connectivity index (χ4n) is 2.70. The van der Waals surface area contributed by atoms with Crippen molar-refractivity contribution >= 4 is 17.4 Å². The predicted octanol–water partition coefficient (Wildman–Crippen LogP) is 2.84. The summed E-state index contributed by atoms with van der Waals surface area (Å²) in [6, 6.07) is 8.28. The van der Waals surface area contributed by atoms with Crippen molar-refractivity contribution in [3.63, 3.8) is 0 Å². The van der Waals surface area contributed by atoms with Crippen LogP contribution >= 0.6 is 0 Å². The molecule has 1 amide bonds. The lowest BCUT2D eigenvalue weighted by Gasteiger charge is -2.11. The number of benzene rings is 1. The van der Waals surface area contributed by atoms with Gasteiger partial charge in [0.2, 0.25) is 5.91 Å². The number of amides is 1. The van der Waals surface area contributed by atoms with Gasteiger partial charge in [-0.05, 0) is 38.1 Å². The number of carbonyl (C=O) groups is 1. The summed E-state index contributed by atoms with van der Waals surface area (Å²) in [5.41, 5.74) is 1.71. The van der Waals surface area contributed by atoms with E-state index >= 15 is 0 Å². The molecule has 29 heavy (non-hydrogen) atoms. The summed E-state index contributed by atoms with van der Waals surface area (Å²) < 4.78 is 44.7. The number of hydrogen-bond acceptors (Lipinski definition) is 6. The molecule has 3 aromatic rings. The molecule has 150 valence electrons. The number of alkyl halides is 3. The Morgan fingerprint density at radius 2 is 1.93 bits per heavy atom. The van der Waals surface area contributed by atoms with E-state index in [0.717, 1.165) is 4.52 Å². The second-order valence-corrected chi connectivity index (χ2v) is 6.10. The van der Waals surface area contributed by atoms with E-state index in [2.05, 4.69) is 20.4 Å². The molecule has 0 unspecified atom stereocenters. The SMILES string of the molecule is Cc1nc2nc(C(F)(F)F)nn2c(C)c1CC(=O)Nc1ccc(OCC#N)cc1. The molecular formula is C18H15F3N6O2. The maximum atomic E-state index is 12.9. The predicted molar refractivity (Wildman–Crippen MR) is 95.1 cm³/mol. The van der Waals surface area contributed by atoms with Gasteiger partial charge in [-0.3, -0.25) is 4.79 Å². The Morgan fingerprint density at radius 1 is 1.24 bits per heavy atom. The van der Waals surface area contributed by atoms with Crippen LogP contribution in [0.15, 0.2) is 24.3 Å². The molecule has 8 nitrogen and oxygen atoms in total. The van der Waals surface area contributed by atoms with E-state index in [-0.39, 0.29) is 24.7 Å². The standard InChI is InChI=1S/C18H15F3N6O2/c1-10-14(11(2)27-17(23-10)25-16(26-27)18(19,20)21)9-15(28)24-12-3-5-13(6-4-12)29-8-7-22/h3-6H,8-9H2,1-2H3,(H,24,28). The fourth-order valence-corrected chi connectivity index (χ4v) is 2.70. The molecule has 0 spiro atoms. The maximum Gasteiger partial charge on any atom is 0.453 e. The van der Waals surface area contributed by atoms with Crippen LogP contribution in [0.5, 0.6) is 5.75 Å². The zero-order valence-electron chi connectivity index (χ0n) is 15.4. The Labute approximate surface area is 163 Å². The number of carbonyl (C=O) groups excluding carboxylic acids is 1. The second-order valence-electron chi connectivity index (χ2n) is 6.10. The number of fused-ring (bicyclic) bond motifs is 1. The summed E-state index contributed by atoms with van der Waals surface area (Å²) in [5.74, 6) is -1.35. The number of halogens is 3. The van der Waals surface area contributed by atoms with E-state index in [1.807, 2.05) is 6.07 Å². The quantitative estimate of drug-likeness (QED) is 0.701. The van der Waals surface area contributed by atoms with Gasteiger partial charge in [-0.25, -0.2) is 9.50 Å². The first kappa shape index (κ1) is 20.1. The van der Waals surface area contributed by atoms with Gasteiger partial charge in [-0.15, -0.1) is 5.10 Å². The minimum Gasteiger partial charge on any atom is -0.479 e. The largest absolute Gasteiger partial charge is 0.479 e. The minimum absolute atomic E-state index is 0.0852. The van der Waals surface area contributed by atoms with Crippen molar-refractivity contribution in [1.29, 1.82) is 5.26 Å². The number of anilines is 1. The average molecular weight is 404 g/mol. The highest BCUT2D eigenvalue weighted by atomic mass is 19.4. The molecule has 0 aliphatic rings. The summed E-state index contributed by atoms with van der Waals surface area (Å²) in [5, 5.41) is 14.6. The highest BCUT2D eigenvalue weighted by Gasteiger charge is 2.37. The molecule has 0 fully saturated rings. The van der Waals surface area contributed by atoms with Crippen LogP contribution in [0.3, 0.4) is 0 Å². The highest BCUT2D eigenvalue weighted by molar-refractivity contribution is 5.92. The summed E-state index contributed by atoms with van der Waals surface area (Å²) in [6.07, 6.45) is -4.79. The molecular weight excluding hydrogens is 389 g/mol. The average Bonchev–Trinajstić information content (AvgIpc) is 3.09. The van der Waals surface area contributed by atoms with Gasteiger partial charge in [-0.1, -0.05) is 0 Å². The van der Waals surface area contributed by atoms with E-state index < -0.39 is 12.0 Å². The topological polar surface area (TPSA) is 105 Å². The third-order valence-corrected chi connectivity index (χ3v) is 4.08. The zero-order valence-corrected chi connectivity index (χ0v) is 15.4. The van der Waals surface area contributed by atoms with Crippen LogP contribution in [-0.4, -0.2) is 32.1 Å². The van der Waals surface area contributed by atoms with Crippen LogP contribution in [-0.2, 0) is 17.4 Å². The third kappa shape index (κ3) is 4.43. The maximum absolute atomic E-state index is 12.9. The summed E-state index contributed by atoms with van der Waals surface area (Å²) >= 11 is 0. The zero-order chi connectivity index (χ0) is 21.2. The number of hydrogen-bond donors (Lipinski definition) is 1. The number of aryl methyl sites for hydroxylation is 2. The first-order valence-corrected chi connectivity index (χ1v) is 8.38. The van der Waals surface area contributed by atoms with Crippen LogP contribution in [0.1, 0.15) is 22.8 Å². The van der Waals surface area contributed by atoms with Gasteiger partial charge in [0.1, 0.15) is 11.8 Å². The molecule has 2 aromatic heterocycles. The lowest BCUT2D eigenvalue weighted by Crippen LogP contribution is -2.17. The van der Waals surface area contributed by atoms with Crippen LogP contribution < -0.4 is 10.1 Å². The third-order valence-electron chi connectivity index (χ3n) is 4.08. The molecule has 0 radical (unpaired) electrons. The van der Waals surface area contributed by atoms with Crippen LogP contribution in [0, 0.1) is 25.2 Å². The summed E-state index contributed by atoms with van der Waals surface area (Å²) in [4.78, 5) is 19.8. The number of aromatic nitrogens is 4. The summed E-state index contributed by atoms with van der Waals surface area (Å²) in [6.45, 7) is 3.07. The molecule has 2 heterocycles. The van der Waals surface area contributed by atoms with E-state index in [1.165, 1.54) is 0 Å². The van der Waals surface area contributed by atoms with Crippen LogP contribution in [0.2, 0.25) is 0 Å². The minimum atomic E-state index is -4.69. The lowest BCUT2D eigenvalue weighted by atomic mass is 10.1. The second kappa shape index (κ2) is 7.75. The van der Waals surface area contributed by atoms with Crippen molar-refractivity contribution in [3.8, 4) is 11.8 Å². The molecule has 0 bridgehead atoms. The number of nitriles is 1.